The van der Waals surface area contributed by atoms with Crippen LogP contribution in [-0.2, 0) is 30.8 Å². The molecule has 1 atom stereocenters. The van der Waals surface area contributed by atoms with E-state index in [0.29, 0.717) is 38.3 Å². The van der Waals surface area contributed by atoms with Crippen molar-refractivity contribution in [1.29, 1.82) is 0 Å². The van der Waals surface area contributed by atoms with E-state index in [0.717, 1.165) is 34.7 Å². The Balaban J connectivity index is 1.58. The normalized spacial score (nSPS) is 13.8. The van der Waals surface area contributed by atoms with Crippen LogP contribution in [0.15, 0.2) is 48.7 Å². The molecule has 0 radical (unpaired) electrons. The van der Waals surface area contributed by atoms with Gasteiger partial charge in [-0.15, -0.1) is 0 Å². The molecule has 178 valence electrons. The quantitative estimate of drug-likeness (QED) is 0.557. The maximum Gasteiger partial charge on any atom is 0.272 e. The van der Waals surface area contributed by atoms with Crippen LogP contribution in [0.4, 0.5) is 0 Å². The summed E-state index contributed by atoms with van der Waals surface area (Å²) in [5.74, 6) is 0.598. The molecule has 0 spiro atoms. The molecule has 3 heterocycles. The minimum absolute atomic E-state index is 0.0440. The van der Waals surface area contributed by atoms with Crippen LogP contribution >= 0.6 is 0 Å². The van der Waals surface area contributed by atoms with Crippen molar-refractivity contribution in [3.05, 3.63) is 76.9 Å². The first kappa shape index (κ1) is 23.5. The van der Waals surface area contributed by atoms with E-state index in [2.05, 4.69) is 10.3 Å². The van der Waals surface area contributed by atoms with Gasteiger partial charge in [-0.25, -0.2) is 0 Å². The molecule has 8 nitrogen and oxygen atoms in total. The van der Waals surface area contributed by atoms with Crippen molar-refractivity contribution in [2.45, 2.75) is 46.3 Å². The Morgan fingerprint density at radius 3 is 2.65 bits per heavy atom. The number of ether oxygens (including phenoxy) is 1. The largest absolute Gasteiger partial charge is 0.497 e. The van der Waals surface area contributed by atoms with Gasteiger partial charge in [0.25, 0.3) is 5.91 Å². The van der Waals surface area contributed by atoms with Gasteiger partial charge in [-0.3, -0.25) is 19.3 Å². The first-order valence-electron chi connectivity index (χ1n) is 11.7. The molecule has 3 aromatic rings. The van der Waals surface area contributed by atoms with Crippen LogP contribution in [0.3, 0.4) is 0 Å². The summed E-state index contributed by atoms with van der Waals surface area (Å²) in [4.78, 5) is 32.3. The van der Waals surface area contributed by atoms with Crippen molar-refractivity contribution in [3.8, 4) is 5.75 Å². The highest BCUT2D eigenvalue weighted by Crippen LogP contribution is 2.25. The van der Waals surface area contributed by atoms with Crippen LogP contribution in [0.25, 0.3) is 0 Å². The van der Waals surface area contributed by atoms with Gasteiger partial charge in [0.05, 0.1) is 19.3 Å². The molecule has 0 unspecified atom stereocenters. The third-order valence-electron chi connectivity index (χ3n) is 6.34. The van der Waals surface area contributed by atoms with Gasteiger partial charge < -0.3 is 15.0 Å². The number of nitrogens with one attached hydrogen (secondary N) is 1. The van der Waals surface area contributed by atoms with Crippen LogP contribution in [0.5, 0.6) is 5.75 Å². The lowest BCUT2D eigenvalue weighted by Gasteiger charge is -2.30. The fraction of sp³-hybridized carbons (Fsp3) is 0.385. The second kappa shape index (κ2) is 10.5. The van der Waals surface area contributed by atoms with Gasteiger partial charge in [-0.05, 0) is 36.2 Å². The second-order valence-electron chi connectivity index (χ2n) is 8.60. The van der Waals surface area contributed by atoms with Crippen molar-refractivity contribution in [2.75, 3.05) is 13.7 Å². The number of hydrogen-bond donors (Lipinski definition) is 1. The third-order valence-corrected chi connectivity index (χ3v) is 6.34. The molecule has 2 amide bonds. The lowest BCUT2D eigenvalue weighted by Crippen LogP contribution is -2.39. The minimum atomic E-state index is -0.246. The van der Waals surface area contributed by atoms with E-state index in [9.17, 15) is 9.59 Å². The molecular weight excluding hydrogens is 430 g/mol. The topological polar surface area (TPSA) is 89.4 Å². The molecule has 1 N–H and O–H groups in total. The van der Waals surface area contributed by atoms with Crippen molar-refractivity contribution >= 4 is 11.8 Å². The van der Waals surface area contributed by atoms with E-state index in [-0.39, 0.29) is 17.7 Å². The summed E-state index contributed by atoms with van der Waals surface area (Å²) in [6.07, 6.45) is 3.19. The second-order valence-corrected chi connectivity index (χ2v) is 8.60. The number of methoxy groups -OCH3 is 1. The predicted molar refractivity (Wildman–Crippen MR) is 128 cm³/mol. The highest BCUT2D eigenvalue weighted by atomic mass is 16.5. The molecule has 0 saturated carbocycles. The molecule has 0 bridgehead atoms. The standard InChI is InChI=1S/C26H31N5O3/c1-4-18(2)26(33)30-14-12-23-22(17-30)24(29-31(23)16-20-7-5-6-13-27-20)25(32)28-15-19-8-10-21(34-3)11-9-19/h5-11,13,18H,4,12,14-17H2,1-3H3,(H,28,32)/t18-/m1/s1. The molecule has 0 saturated heterocycles. The first-order valence-corrected chi connectivity index (χ1v) is 11.7. The molecule has 1 aliphatic rings. The number of fused-ring (bicyclic) bond motifs is 1. The Morgan fingerprint density at radius 1 is 1.18 bits per heavy atom. The summed E-state index contributed by atoms with van der Waals surface area (Å²) >= 11 is 0. The Kier molecular flexibility index (Phi) is 7.25. The molecule has 2 aromatic heterocycles. The van der Waals surface area contributed by atoms with E-state index in [1.807, 2.05) is 65.9 Å². The third kappa shape index (κ3) is 5.11. The fourth-order valence-corrected chi connectivity index (χ4v) is 4.13. The molecule has 8 heteroatoms. The van der Waals surface area contributed by atoms with Crippen LogP contribution in [0.2, 0.25) is 0 Å². The number of benzene rings is 1. The zero-order valence-electron chi connectivity index (χ0n) is 20.0. The summed E-state index contributed by atoms with van der Waals surface area (Å²) in [5, 5.41) is 7.68. The Morgan fingerprint density at radius 2 is 1.97 bits per heavy atom. The number of hydrogen-bond acceptors (Lipinski definition) is 5. The lowest BCUT2D eigenvalue weighted by molar-refractivity contribution is -0.136. The van der Waals surface area contributed by atoms with Crippen molar-refractivity contribution in [2.24, 2.45) is 5.92 Å². The first-order chi connectivity index (χ1) is 16.5. The van der Waals surface area contributed by atoms with E-state index in [4.69, 9.17) is 9.84 Å². The lowest BCUT2D eigenvalue weighted by atomic mass is 10.0. The molecule has 34 heavy (non-hydrogen) atoms. The monoisotopic (exact) mass is 461 g/mol. The van der Waals surface area contributed by atoms with Gasteiger partial charge in [0.2, 0.25) is 5.91 Å². The fourth-order valence-electron chi connectivity index (χ4n) is 4.13. The number of rotatable bonds is 8. The van der Waals surface area contributed by atoms with E-state index in [1.54, 1.807) is 13.3 Å². The Labute approximate surface area is 199 Å². The molecule has 0 fully saturated rings. The molecule has 1 aliphatic heterocycles. The minimum Gasteiger partial charge on any atom is -0.497 e. The van der Waals surface area contributed by atoms with Crippen LogP contribution in [0.1, 0.15) is 53.3 Å². The van der Waals surface area contributed by atoms with Gasteiger partial charge in [0.1, 0.15) is 5.75 Å². The predicted octanol–water partition coefficient (Wildman–Crippen LogP) is 3.20. The van der Waals surface area contributed by atoms with Crippen LogP contribution < -0.4 is 10.1 Å². The highest BCUT2D eigenvalue weighted by molar-refractivity contribution is 5.94. The number of pyridine rings is 1. The van der Waals surface area contributed by atoms with Gasteiger partial charge in [-0.1, -0.05) is 32.0 Å². The average Bonchev–Trinajstić information content (AvgIpc) is 3.24. The van der Waals surface area contributed by atoms with Crippen molar-refractivity contribution in [1.82, 2.24) is 25.0 Å². The zero-order chi connectivity index (χ0) is 24.1. The number of carbonyl (C=O) groups excluding carboxylic acids is 2. The average molecular weight is 462 g/mol. The summed E-state index contributed by atoms with van der Waals surface area (Å²) in [6.45, 7) is 5.84. The number of carbonyl (C=O) groups is 2. The van der Waals surface area contributed by atoms with Gasteiger partial charge >= 0.3 is 0 Å². The maximum absolute atomic E-state index is 13.2. The molecule has 4 rings (SSSR count). The van der Waals surface area contributed by atoms with Crippen LogP contribution in [-0.4, -0.2) is 45.1 Å². The van der Waals surface area contributed by atoms with Crippen LogP contribution in [0, 0.1) is 5.92 Å². The summed E-state index contributed by atoms with van der Waals surface area (Å²) in [6, 6.07) is 13.3. The van der Waals surface area contributed by atoms with Crippen molar-refractivity contribution < 1.29 is 14.3 Å². The van der Waals surface area contributed by atoms with E-state index in [1.165, 1.54) is 0 Å². The van der Waals surface area contributed by atoms with E-state index < -0.39 is 0 Å². The molecular formula is C26H31N5O3. The van der Waals surface area contributed by atoms with Gasteiger partial charge in [-0.2, -0.15) is 5.10 Å². The highest BCUT2D eigenvalue weighted by Gasteiger charge is 2.31. The molecule has 0 aliphatic carbocycles. The van der Waals surface area contributed by atoms with Gasteiger partial charge in [0.15, 0.2) is 5.69 Å². The van der Waals surface area contributed by atoms with E-state index >= 15 is 0 Å². The number of nitrogens with zero attached hydrogens (tertiary/aromatic N) is 4. The number of aromatic nitrogens is 3. The maximum atomic E-state index is 13.2. The Bertz CT molecular complexity index is 1140. The smallest absolute Gasteiger partial charge is 0.272 e. The Hall–Kier alpha value is -3.68. The van der Waals surface area contributed by atoms with Gasteiger partial charge in [0, 0.05) is 49.4 Å². The number of amides is 2. The zero-order valence-corrected chi connectivity index (χ0v) is 20.0. The SMILES string of the molecule is CC[C@@H](C)C(=O)N1CCc2c(c(C(=O)NCc3ccc(OC)cc3)nn2Cc2ccccn2)C1. The summed E-state index contributed by atoms with van der Waals surface area (Å²) in [5.41, 5.74) is 4.03. The van der Waals surface area contributed by atoms with Crippen molar-refractivity contribution in [3.63, 3.8) is 0 Å². The summed E-state index contributed by atoms with van der Waals surface area (Å²) in [7, 11) is 1.62. The summed E-state index contributed by atoms with van der Waals surface area (Å²) < 4.78 is 7.06. The molecule has 1 aromatic carbocycles.